The Morgan fingerprint density at radius 2 is 1.76 bits per heavy atom. The van der Waals surface area contributed by atoms with Crippen LogP contribution in [0.15, 0.2) is 48.8 Å². The van der Waals surface area contributed by atoms with Crippen LogP contribution in [0.5, 0.6) is 0 Å². The second-order valence-electron chi connectivity index (χ2n) is 7.65. The first kappa shape index (κ1) is 19.1. The van der Waals surface area contributed by atoms with Gasteiger partial charge in [-0.2, -0.15) is 0 Å². The largest absolute Gasteiger partial charge is 0.339 e. The zero-order chi connectivity index (χ0) is 20.2. The summed E-state index contributed by atoms with van der Waals surface area (Å²) in [4.78, 5) is 43.3. The second kappa shape index (κ2) is 8.43. The van der Waals surface area contributed by atoms with Gasteiger partial charge in [-0.3, -0.25) is 19.4 Å². The van der Waals surface area contributed by atoms with E-state index in [1.165, 1.54) is 0 Å². The molecule has 7 nitrogen and oxygen atoms in total. The zero-order valence-corrected chi connectivity index (χ0v) is 16.1. The predicted molar refractivity (Wildman–Crippen MR) is 109 cm³/mol. The topological polar surface area (TPSA) is 91.4 Å². The van der Waals surface area contributed by atoms with Gasteiger partial charge >= 0.3 is 0 Å². The van der Waals surface area contributed by atoms with Crippen molar-refractivity contribution in [2.75, 3.05) is 17.2 Å². The quantitative estimate of drug-likeness (QED) is 0.818. The molecule has 4 rings (SSSR count). The standard InChI is InChI=1S/C22H24N4O3/c27-20-13-16(14-26(20)19-6-1-2-7-19)22(29)25-18-5-3-4-15(12-18)21(28)24-17-8-10-23-11-9-17/h3-5,8-12,16,19H,1-2,6-7,13-14H2,(H,25,29)(H,23,24,28). The van der Waals surface area contributed by atoms with Gasteiger partial charge in [0.1, 0.15) is 0 Å². The number of hydrogen-bond acceptors (Lipinski definition) is 4. The molecule has 1 aromatic heterocycles. The fourth-order valence-electron chi connectivity index (χ4n) is 4.10. The summed E-state index contributed by atoms with van der Waals surface area (Å²) >= 11 is 0. The van der Waals surface area contributed by atoms with Gasteiger partial charge in [0.05, 0.1) is 5.92 Å². The maximum Gasteiger partial charge on any atom is 0.255 e. The van der Waals surface area contributed by atoms with Crippen LogP contribution in [0, 0.1) is 5.92 Å². The number of likely N-dealkylation sites (tertiary alicyclic amines) is 1. The van der Waals surface area contributed by atoms with E-state index in [1.54, 1.807) is 48.8 Å². The average molecular weight is 392 g/mol. The van der Waals surface area contributed by atoms with E-state index >= 15 is 0 Å². The molecule has 2 heterocycles. The first-order valence-corrected chi connectivity index (χ1v) is 10.0. The molecule has 1 atom stereocenters. The van der Waals surface area contributed by atoms with E-state index in [0.29, 0.717) is 29.5 Å². The number of anilines is 2. The predicted octanol–water partition coefficient (Wildman–Crippen LogP) is 3.06. The number of carbonyl (C=O) groups excluding carboxylic acids is 3. The monoisotopic (exact) mass is 392 g/mol. The molecule has 29 heavy (non-hydrogen) atoms. The highest BCUT2D eigenvalue weighted by atomic mass is 16.2. The van der Waals surface area contributed by atoms with Crippen molar-refractivity contribution in [1.82, 2.24) is 9.88 Å². The number of nitrogens with zero attached hydrogens (tertiary/aromatic N) is 2. The lowest BCUT2D eigenvalue weighted by atomic mass is 10.1. The number of nitrogens with one attached hydrogen (secondary N) is 2. The van der Waals surface area contributed by atoms with E-state index in [-0.39, 0.29) is 30.1 Å². The van der Waals surface area contributed by atoms with Gasteiger partial charge in [-0.15, -0.1) is 0 Å². The lowest BCUT2D eigenvalue weighted by Crippen LogP contribution is -2.35. The van der Waals surface area contributed by atoms with E-state index in [1.807, 2.05) is 4.90 Å². The van der Waals surface area contributed by atoms with Crippen molar-refractivity contribution < 1.29 is 14.4 Å². The van der Waals surface area contributed by atoms with Gasteiger partial charge in [0, 0.05) is 48.3 Å². The molecule has 3 amide bonds. The van der Waals surface area contributed by atoms with Crippen LogP contribution in [-0.4, -0.2) is 40.2 Å². The fourth-order valence-corrected chi connectivity index (χ4v) is 4.10. The molecule has 1 aliphatic heterocycles. The van der Waals surface area contributed by atoms with Crippen molar-refractivity contribution in [3.05, 3.63) is 54.4 Å². The Morgan fingerprint density at radius 1 is 1.00 bits per heavy atom. The van der Waals surface area contributed by atoms with Crippen molar-refractivity contribution in [1.29, 1.82) is 0 Å². The highest BCUT2D eigenvalue weighted by Crippen LogP contribution is 2.30. The number of benzene rings is 1. The molecule has 1 saturated heterocycles. The molecule has 2 aliphatic rings. The molecule has 2 aromatic rings. The highest BCUT2D eigenvalue weighted by Gasteiger charge is 2.38. The second-order valence-corrected chi connectivity index (χ2v) is 7.65. The SMILES string of the molecule is O=C(Nc1ccncc1)c1cccc(NC(=O)C2CC(=O)N(C3CCCC3)C2)c1. The van der Waals surface area contributed by atoms with Gasteiger partial charge in [0.2, 0.25) is 11.8 Å². The number of pyridine rings is 1. The third kappa shape index (κ3) is 4.45. The van der Waals surface area contributed by atoms with Gasteiger partial charge in [-0.05, 0) is 43.2 Å². The Morgan fingerprint density at radius 3 is 2.52 bits per heavy atom. The Balaban J connectivity index is 1.38. The van der Waals surface area contributed by atoms with Crippen LogP contribution < -0.4 is 10.6 Å². The lowest BCUT2D eigenvalue weighted by molar-refractivity contribution is -0.129. The van der Waals surface area contributed by atoms with E-state index < -0.39 is 0 Å². The molecule has 1 aromatic carbocycles. The summed E-state index contributed by atoms with van der Waals surface area (Å²) in [5.74, 6) is -0.721. The first-order valence-electron chi connectivity index (χ1n) is 10.0. The summed E-state index contributed by atoms with van der Waals surface area (Å²) in [6.07, 6.45) is 7.83. The third-order valence-electron chi connectivity index (χ3n) is 5.63. The fraction of sp³-hybridized carbons (Fsp3) is 0.364. The summed E-state index contributed by atoms with van der Waals surface area (Å²) in [6.45, 7) is 0.484. The van der Waals surface area contributed by atoms with Gasteiger partial charge in [0.25, 0.3) is 5.91 Å². The average Bonchev–Trinajstić information content (AvgIpc) is 3.38. The molecule has 2 fully saturated rings. The Bertz CT molecular complexity index is 909. The summed E-state index contributed by atoms with van der Waals surface area (Å²) in [5, 5.41) is 5.66. The molecule has 7 heteroatoms. The van der Waals surface area contributed by atoms with E-state index in [4.69, 9.17) is 0 Å². The normalized spacial score (nSPS) is 19.4. The molecule has 0 radical (unpaired) electrons. The van der Waals surface area contributed by atoms with Crippen LogP contribution in [0.3, 0.4) is 0 Å². The number of carbonyl (C=O) groups is 3. The summed E-state index contributed by atoms with van der Waals surface area (Å²) in [6, 6.07) is 10.5. The van der Waals surface area contributed by atoms with Crippen LogP contribution in [0.25, 0.3) is 0 Å². The summed E-state index contributed by atoms with van der Waals surface area (Å²) in [5.41, 5.74) is 1.63. The Hall–Kier alpha value is -3.22. The van der Waals surface area contributed by atoms with Crippen molar-refractivity contribution in [3.63, 3.8) is 0 Å². The van der Waals surface area contributed by atoms with Gasteiger partial charge in [-0.25, -0.2) is 0 Å². The van der Waals surface area contributed by atoms with Crippen LogP contribution in [0.2, 0.25) is 0 Å². The minimum Gasteiger partial charge on any atom is -0.339 e. The van der Waals surface area contributed by atoms with Gasteiger partial charge in [-0.1, -0.05) is 18.9 Å². The lowest BCUT2D eigenvalue weighted by Gasteiger charge is -2.23. The molecule has 1 aliphatic carbocycles. The van der Waals surface area contributed by atoms with Crippen LogP contribution in [-0.2, 0) is 9.59 Å². The maximum atomic E-state index is 12.7. The highest BCUT2D eigenvalue weighted by molar-refractivity contribution is 6.05. The number of amides is 3. The van der Waals surface area contributed by atoms with Crippen LogP contribution in [0.4, 0.5) is 11.4 Å². The molecular weight excluding hydrogens is 368 g/mol. The summed E-state index contributed by atoms with van der Waals surface area (Å²) < 4.78 is 0. The molecule has 2 N–H and O–H groups in total. The Labute approximate surface area is 169 Å². The first-order chi connectivity index (χ1) is 14.1. The number of aromatic nitrogens is 1. The summed E-state index contributed by atoms with van der Waals surface area (Å²) in [7, 11) is 0. The zero-order valence-electron chi connectivity index (χ0n) is 16.1. The van der Waals surface area contributed by atoms with Crippen molar-refractivity contribution in [3.8, 4) is 0 Å². The molecule has 0 spiro atoms. The molecule has 1 unspecified atom stereocenters. The van der Waals surface area contributed by atoms with Crippen molar-refractivity contribution >= 4 is 29.1 Å². The van der Waals surface area contributed by atoms with Crippen LogP contribution >= 0.6 is 0 Å². The molecule has 150 valence electrons. The van der Waals surface area contributed by atoms with E-state index in [0.717, 1.165) is 25.7 Å². The molecular formula is C22H24N4O3. The van der Waals surface area contributed by atoms with Crippen molar-refractivity contribution in [2.45, 2.75) is 38.1 Å². The number of hydrogen-bond donors (Lipinski definition) is 2. The van der Waals surface area contributed by atoms with E-state index in [9.17, 15) is 14.4 Å². The third-order valence-corrected chi connectivity index (χ3v) is 5.63. The smallest absolute Gasteiger partial charge is 0.255 e. The Kier molecular flexibility index (Phi) is 5.55. The maximum absolute atomic E-state index is 12.7. The van der Waals surface area contributed by atoms with Crippen LogP contribution in [0.1, 0.15) is 42.5 Å². The van der Waals surface area contributed by atoms with Crippen molar-refractivity contribution in [2.24, 2.45) is 5.92 Å². The van der Waals surface area contributed by atoms with Gasteiger partial charge in [0.15, 0.2) is 0 Å². The minimum atomic E-state index is -0.350. The molecule has 0 bridgehead atoms. The molecule has 1 saturated carbocycles. The number of rotatable bonds is 5. The van der Waals surface area contributed by atoms with Gasteiger partial charge < -0.3 is 15.5 Å². The van der Waals surface area contributed by atoms with E-state index in [2.05, 4.69) is 15.6 Å². The minimum absolute atomic E-state index is 0.0718.